The average molecular weight is 632 g/mol. The number of nitrogens with one attached hydrogen (secondary N) is 3. The van der Waals surface area contributed by atoms with Gasteiger partial charge in [-0.1, -0.05) is 72.2 Å². The number of hydrogen-bond acceptors (Lipinski definition) is 4. The third kappa shape index (κ3) is 4.97. The zero-order chi connectivity index (χ0) is 33.3. The molecule has 5 aliphatic rings. The van der Waals surface area contributed by atoms with Crippen LogP contribution in [0.4, 0.5) is 10.5 Å². The molecule has 0 aliphatic heterocycles. The highest BCUT2D eigenvalue weighted by atomic mass is 16.3. The van der Waals surface area contributed by atoms with Gasteiger partial charge in [-0.3, -0.25) is 9.59 Å². The Morgan fingerprint density at radius 3 is 2.24 bits per heavy atom. The van der Waals surface area contributed by atoms with Gasteiger partial charge < -0.3 is 21.1 Å². The zero-order valence-corrected chi connectivity index (χ0v) is 29.2. The highest BCUT2D eigenvalue weighted by molar-refractivity contribution is 5.96. The minimum absolute atomic E-state index is 0.0370. The number of fused-ring (bicyclic) bond motifs is 7. The highest BCUT2D eigenvalue weighted by Gasteiger charge is 2.70. The summed E-state index contributed by atoms with van der Waals surface area (Å²) < 4.78 is 0. The maximum Gasteiger partial charge on any atom is 0.319 e. The standard InChI is InChI=1S/C39H57N3O4/c1-34(2)29-13-16-39(7)31(37(29,5)15-14-30(34)44)28(43)23-26-27-24-36(4,18-17-35(27,3)19-20-38(26,39)6)32(45)40-21-22-41-33(46)42-25-11-9-8-10-12-25/h8-12,23,27,29-31,44H,13-22,24H2,1-7H3,(H,40,45)(H2,41,42,46)/t27-,29-,30-,31+,35+,36-,37-,38+,39+/m0/s1. The number of rotatable bonds is 5. The molecule has 0 aromatic heterocycles. The maximum absolute atomic E-state index is 14.5. The van der Waals surface area contributed by atoms with Gasteiger partial charge in [0, 0.05) is 30.1 Å². The molecule has 7 nitrogen and oxygen atoms in total. The number of para-hydroxylation sites is 1. The van der Waals surface area contributed by atoms with Crippen molar-refractivity contribution in [1.82, 2.24) is 10.6 Å². The van der Waals surface area contributed by atoms with E-state index in [0.29, 0.717) is 19.0 Å². The van der Waals surface area contributed by atoms with Crippen molar-refractivity contribution in [1.29, 1.82) is 0 Å². The number of carbonyl (C=O) groups excluding carboxylic acids is 3. The van der Waals surface area contributed by atoms with Gasteiger partial charge in [-0.05, 0) is 115 Å². The van der Waals surface area contributed by atoms with Gasteiger partial charge in [0.2, 0.25) is 5.91 Å². The van der Waals surface area contributed by atoms with E-state index >= 15 is 0 Å². The lowest BCUT2D eigenvalue weighted by molar-refractivity contribution is -0.202. The molecule has 0 unspecified atom stereocenters. The number of anilines is 1. The maximum atomic E-state index is 14.5. The summed E-state index contributed by atoms with van der Waals surface area (Å²) >= 11 is 0. The largest absolute Gasteiger partial charge is 0.393 e. The van der Waals surface area contributed by atoms with Crippen LogP contribution in [-0.2, 0) is 9.59 Å². The van der Waals surface area contributed by atoms with Gasteiger partial charge in [0.05, 0.1) is 6.10 Å². The molecular weight excluding hydrogens is 574 g/mol. The average Bonchev–Trinajstić information content (AvgIpc) is 3.00. The van der Waals surface area contributed by atoms with E-state index < -0.39 is 5.41 Å². The predicted molar refractivity (Wildman–Crippen MR) is 182 cm³/mol. The molecule has 4 N–H and O–H groups in total. The third-order valence-corrected chi connectivity index (χ3v) is 14.8. The van der Waals surface area contributed by atoms with E-state index in [1.165, 1.54) is 5.57 Å². The van der Waals surface area contributed by atoms with Crippen LogP contribution >= 0.6 is 0 Å². The zero-order valence-electron chi connectivity index (χ0n) is 29.2. The van der Waals surface area contributed by atoms with E-state index in [9.17, 15) is 19.5 Å². The minimum atomic E-state index is -0.538. The molecule has 46 heavy (non-hydrogen) atoms. The van der Waals surface area contributed by atoms with E-state index in [4.69, 9.17) is 0 Å². The number of ketones is 1. The molecule has 0 heterocycles. The molecule has 3 amide bonds. The second-order valence-electron chi connectivity index (χ2n) is 17.6. The van der Waals surface area contributed by atoms with Crippen molar-refractivity contribution >= 4 is 23.4 Å². The molecule has 4 saturated carbocycles. The summed E-state index contributed by atoms with van der Waals surface area (Å²) in [6.45, 7) is 16.9. The van der Waals surface area contributed by atoms with Crippen LogP contribution in [0.1, 0.15) is 106 Å². The Morgan fingerprint density at radius 2 is 1.52 bits per heavy atom. The number of amides is 3. The van der Waals surface area contributed by atoms with E-state index in [2.05, 4.69) is 70.5 Å². The van der Waals surface area contributed by atoms with E-state index in [1.54, 1.807) is 0 Å². The number of aliphatic hydroxyl groups is 1. The molecule has 0 saturated heterocycles. The fourth-order valence-corrected chi connectivity index (χ4v) is 11.6. The predicted octanol–water partition coefficient (Wildman–Crippen LogP) is 7.27. The molecule has 0 spiro atoms. The van der Waals surface area contributed by atoms with Gasteiger partial charge in [-0.25, -0.2) is 4.79 Å². The second kappa shape index (κ2) is 11.2. The minimum Gasteiger partial charge on any atom is -0.393 e. The first-order chi connectivity index (χ1) is 21.5. The number of hydrogen-bond donors (Lipinski definition) is 4. The first kappa shape index (κ1) is 33.2. The molecular formula is C39H57N3O4. The fourth-order valence-electron chi connectivity index (χ4n) is 11.6. The summed E-state index contributed by atoms with van der Waals surface area (Å²) in [5, 5.41) is 19.8. The van der Waals surface area contributed by atoms with Crippen LogP contribution in [0.15, 0.2) is 42.0 Å². The highest BCUT2D eigenvalue weighted by Crippen LogP contribution is 2.75. The molecule has 0 radical (unpaired) electrons. The first-order valence-corrected chi connectivity index (χ1v) is 17.8. The molecule has 9 atom stereocenters. The molecule has 5 aliphatic carbocycles. The van der Waals surface area contributed by atoms with Crippen molar-refractivity contribution in [3.8, 4) is 0 Å². The number of aliphatic hydroxyl groups excluding tert-OH is 1. The van der Waals surface area contributed by atoms with Crippen LogP contribution in [0.3, 0.4) is 0 Å². The molecule has 1 aromatic rings. The Morgan fingerprint density at radius 1 is 0.848 bits per heavy atom. The Bertz CT molecular complexity index is 1420. The lowest BCUT2D eigenvalue weighted by Crippen LogP contribution is -2.66. The van der Waals surface area contributed by atoms with E-state index in [-0.39, 0.29) is 62.7 Å². The van der Waals surface area contributed by atoms with Gasteiger partial charge in [0.15, 0.2) is 5.78 Å². The lowest BCUT2D eigenvalue weighted by atomic mass is 9.33. The first-order valence-electron chi connectivity index (χ1n) is 17.8. The molecule has 0 bridgehead atoms. The van der Waals surface area contributed by atoms with Crippen LogP contribution < -0.4 is 16.0 Å². The summed E-state index contributed by atoms with van der Waals surface area (Å²) in [4.78, 5) is 40.6. The quantitative estimate of drug-likeness (QED) is 0.257. The van der Waals surface area contributed by atoms with Crippen molar-refractivity contribution in [2.24, 2.45) is 50.2 Å². The van der Waals surface area contributed by atoms with Crippen molar-refractivity contribution in [3.05, 3.63) is 42.0 Å². The van der Waals surface area contributed by atoms with Crippen LogP contribution in [0.2, 0.25) is 0 Å². The Balaban J connectivity index is 1.19. The van der Waals surface area contributed by atoms with E-state index in [1.807, 2.05) is 30.3 Å². The van der Waals surface area contributed by atoms with Crippen LogP contribution in [0.25, 0.3) is 0 Å². The Kier molecular flexibility index (Phi) is 8.10. The number of carbonyl (C=O) groups is 3. The summed E-state index contributed by atoms with van der Waals surface area (Å²) in [6, 6.07) is 9.00. The van der Waals surface area contributed by atoms with Crippen molar-refractivity contribution in [2.75, 3.05) is 18.4 Å². The molecule has 4 fully saturated rings. The van der Waals surface area contributed by atoms with Gasteiger partial charge in [0.25, 0.3) is 0 Å². The van der Waals surface area contributed by atoms with Crippen molar-refractivity contribution < 1.29 is 19.5 Å². The lowest BCUT2D eigenvalue weighted by Gasteiger charge is -2.70. The second-order valence-corrected chi connectivity index (χ2v) is 17.6. The van der Waals surface area contributed by atoms with Gasteiger partial charge in [0.1, 0.15) is 0 Å². The summed E-state index contributed by atoms with van der Waals surface area (Å²) in [5.41, 5.74) is 0.972. The fraction of sp³-hybridized carbons (Fsp3) is 0.718. The number of benzene rings is 1. The van der Waals surface area contributed by atoms with Crippen molar-refractivity contribution in [2.45, 2.75) is 112 Å². The van der Waals surface area contributed by atoms with Crippen LogP contribution in [-0.4, -0.2) is 42.0 Å². The monoisotopic (exact) mass is 631 g/mol. The number of allylic oxidation sites excluding steroid dienone is 2. The summed E-state index contributed by atoms with van der Waals surface area (Å²) in [7, 11) is 0. The molecule has 7 heteroatoms. The van der Waals surface area contributed by atoms with Gasteiger partial charge >= 0.3 is 6.03 Å². The topological polar surface area (TPSA) is 108 Å². The van der Waals surface area contributed by atoms with Crippen molar-refractivity contribution in [3.63, 3.8) is 0 Å². The number of urea groups is 1. The van der Waals surface area contributed by atoms with Gasteiger partial charge in [-0.2, -0.15) is 0 Å². The van der Waals surface area contributed by atoms with Crippen LogP contribution in [0, 0.1) is 50.2 Å². The van der Waals surface area contributed by atoms with Crippen LogP contribution in [0.5, 0.6) is 0 Å². The molecule has 1 aromatic carbocycles. The Hall–Kier alpha value is -2.67. The third-order valence-electron chi connectivity index (χ3n) is 14.8. The summed E-state index contributed by atoms with van der Waals surface area (Å²) in [6.07, 6.45) is 10.2. The smallest absolute Gasteiger partial charge is 0.319 e. The molecule has 6 rings (SSSR count). The van der Waals surface area contributed by atoms with Gasteiger partial charge in [-0.15, -0.1) is 0 Å². The SMILES string of the molecule is CC1(C)[C@@H](O)CC[C@]2(C)[C@H]3C(=O)C=C4[C@@H]5C[C@@](C)(C(=O)NCCNC(=O)Nc6ccccc6)CC[C@]5(C)CC[C@@]4(C)[C@]3(C)CC[C@@H]12. The Labute approximate surface area is 276 Å². The summed E-state index contributed by atoms with van der Waals surface area (Å²) in [5.74, 6) is 0.778. The van der Waals surface area contributed by atoms with E-state index in [0.717, 1.165) is 63.5 Å². The molecule has 252 valence electrons. The normalized spacial score (nSPS) is 42.7.